The monoisotopic (exact) mass is 937 g/mol. The summed E-state index contributed by atoms with van der Waals surface area (Å²) in [4.78, 5) is 68.2. The van der Waals surface area contributed by atoms with Crippen LogP contribution in [-0.2, 0) is 30.8 Å². The van der Waals surface area contributed by atoms with Crippen LogP contribution in [0.4, 0.5) is 28.8 Å². The number of anilines is 5. The van der Waals surface area contributed by atoms with E-state index in [1.807, 2.05) is 36.9 Å². The number of aromatic nitrogens is 2. The maximum Gasteiger partial charge on any atom is 0.255 e. The van der Waals surface area contributed by atoms with Crippen molar-refractivity contribution in [3.63, 3.8) is 0 Å². The van der Waals surface area contributed by atoms with Gasteiger partial charge in [-0.2, -0.15) is 4.98 Å². The molecular formula is C48H56ClN9O7S. The van der Waals surface area contributed by atoms with E-state index in [2.05, 4.69) is 54.8 Å². The standard InChI is InChI=1S/C48H56ClN9O7S/c1-27(2)65-41-20-36(29(5)18-39(41)52-48-50-21-37(49)44(54-48)51-38-8-6-7-9-42(38)66(63,64)28(3)4)30-14-16-55(17-15-30)34-25-57(26-34)46(61)32-22-56(23-32)33-10-11-35-31(19-33)24-58(47(35)62)40-12-13-43(59)53-45(40)60/h6-11,18-21,27-28,30,32,34,40H,12-17,22-26H2,1-5H3,(H,53,59,60)(H2,50,51,52,54). The van der Waals surface area contributed by atoms with Crippen LogP contribution in [0.15, 0.2) is 65.7 Å². The summed E-state index contributed by atoms with van der Waals surface area (Å²) in [6.45, 7) is 14.3. The molecule has 4 fully saturated rings. The number of carbonyl (C=O) groups is 4. The Bertz CT molecular complexity index is 2700. The SMILES string of the molecule is Cc1cc(Nc2ncc(Cl)c(Nc3ccccc3S(=O)(=O)C(C)C)n2)c(OC(C)C)cc1C1CCN(C2CN(C(=O)C3CN(c4ccc5c(c4)CN(C4CCC(=O)NC4=O)C5=O)C3)C2)CC1. The second-order valence-corrected chi connectivity index (χ2v) is 21.5. The van der Waals surface area contributed by atoms with Gasteiger partial charge in [0.25, 0.3) is 5.91 Å². The van der Waals surface area contributed by atoms with E-state index < -0.39 is 27.0 Å². The van der Waals surface area contributed by atoms with Crippen LogP contribution < -0.4 is 25.6 Å². The van der Waals surface area contributed by atoms with Gasteiger partial charge in [0.05, 0.1) is 39.7 Å². The van der Waals surface area contributed by atoms with Gasteiger partial charge in [0, 0.05) is 56.4 Å². The molecule has 66 heavy (non-hydrogen) atoms. The first kappa shape index (κ1) is 45.4. The molecule has 348 valence electrons. The van der Waals surface area contributed by atoms with Crippen molar-refractivity contribution in [2.24, 2.45) is 5.92 Å². The number of hydrogen-bond acceptors (Lipinski definition) is 13. The number of amides is 4. The molecule has 4 amide bonds. The van der Waals surface area contributed by atoms with E-state index in [0.717, 1.165) is 55.8 Å². The van der Waals surface area contributed by atoms with Crippen LogP contribution in [0.2, 0.25) is 5.02 Å². The maximum absolute atomic E-state index is 13.5. The molecule has 9 rings (SSSR count). The summed E-state index contributed by atoms with van der Waals surface area (Å²) in [5.41, 5.74) is 5.82. The average molecular weight is 939 g/mol. The highest BCUT2D eigenvalue weighted by molar-refractivity contribution is 7.92. The van der Waals surface area contributed by atoms with Crippen molar-refractivity contribution >= 4 is 73.9 Å². The van der Waals surface area contributed by atoms with Gasteiger partial charge in [-0.25, -0.2) is 13.4 Å². The lowest BCUT2D eigenvalue weighted by molar-refractivity contribution is -0.144. The second-order valence-electron chi connectivity index (χ2n) is 18.7. The van der Waals surface area contributed by atoms with Crippen molar-refractivity contribution in [3.05, 3.63) is 88.1 Å². The molecular weight excluding hydrogens is 882 g/mol. The molecule has 16 nitrogen and oxygen atoms in total. The average Bonchev–Trinajstić information content (AvgIpc) is 3.56. The van der Waals surface area contributed by atoms with Crippen LogP contribution >= 0.6 is 11.6 Å². The minimum Gasteiger partial charge on any atom is -0.489 e. The Morgan fingerprint density at radius 1 is 0.924 bits per heavy atom. The Morgan fingerprint density at radius 2 is 1.67 bits per heavy atom. The first-order chi connectivity index (χ1) is 31.5. The molecule has 0 spiro atoms. The quantitative estimate of drug-likeness (QED) is 0.129. The molecule has 5 aliphatic rings. The Kier molecular flexibility index (Phi) is 12.5. The normalized spacial score (nSPS) is 19.8. The summed E-state index contributed by atoms with van der Waals surface area (Å²) in [5, 5.41) is 8.42. The molecule has 1 atom stereocenters. The molecule has 6 heterocycles. The number of nitrogens with one attached hydrogen (secondary N) is 3. The highest BCUT2D eigenvalue weighted by Gasteiger charge is 2.44. The minimum atomic E-state index is -3.58. The Labute approximate surface area is 390 Å². The minimum absolute atomic E-state index is 0.0718. The summed E-state index contributed by atoms with van der Waals surface area (Å²) in [7, 11) is -3.58. The van der Waals surface area contributed by atoms with Gasteiger partial charge in [-0.1, -0.05) is 23.7 Å². The summed E-state index contributed by atoms with van der Waals surface area (Å²) < 4.78 is 32.6. The third-order valence-corrected chi connectivity index (χ3v) is 16.0. The largest absolute Gasteiger partial charge is 0.489 e. The number of ether oxygens (including phenoxy) is 1. The van der Waals surface area contributed by atoms with Gasteiger partial charge >= 0.3 is 0 Å². The van der Waals surface area contributed by atoms with Crippen LogP contribution in [0.5, 0.6) is 5.75 Å². The maximum atomic E-state index is 13.5. The first-order valence-corrected chi connectivity index (χ1v) is 24.7. The van der Waals surface area contributed by atoms with Crippen LogP contribution in [0.1, 0.15) is 86.3 Å². The smallest absolute Gasteiger partial charge is 0.255 e. The van der Waals surface area contributed by atoms with E-state index in [9.17, 15) is 27.6 Å². The number of rotatable bonds is 13. The lowest BCUT2D eigenvalue weighted by Gasteiger charge is -2.50. The number of sulfone groups is 1. The van der Waals surface area contributed by atoms with E-state index in [1.54, 1.807) is 43.0 Å². The predicted molar refractivity (Wildman–Crippen MR) is 251 cm³/mol. The summed E-state index contributed by atoms with van der Waals surface area (Å²) in [6.07, 6.45) is 3.89. The second kappa shape index (κ2) is 18.1. The summed E-state index contributed by atoms with van der Waals surface area (Å²) in [6, 6.07) is 16.3. The fourth-order valence-corrected chi connectivity index (χ4v) is 11.1. The molecule has 0 radical (unpaired) electrons. The van der Waals surface area contributed by atoms with E-state index in [0.29, 0.717) is 60.7 Å². The van der Waals surface area contributed by atoms with E-state index in [4.69, 9.17) is 16.3 Å². The number of piperidine rings is 2. The third kappa shape index (κ3) is 8.92. The summed E-state index contributed by atoms with van der Waals surface area (Å²) in [5.74, 6) is 0.745. The lowest BCUT2D eigenvalue weighted by atomic mass is 9.85. The molecule has 0 bridgehead atoms. The fraction of sp³-hybridized carbons (Fsp3) is 0.458. The number of imide groups is 1. The van der Waals surface area contributed by atoms with E-state index in [-0.39, 0.29) is 57.8 Å². The number of likely N-dealkylation sites (tertiary alicyclic amines) is 2. The van der Waals surface area contributed by atoms with Gasteiger partial charge in [-0.05, 0) is 132 Å². The van der Waals surface area contributed by atoms with Gasteiger partial charge in [0.1, 0.15) is 16.8 Å². The number of para-hydroxylation sites is 1. The number of nitrogens with zero attached hydrogens (tertiary/aromatic N) is 6. The molecule has 5 aliphatic heterocycles. The van der Waals surface area contributed by atoms with Crippen molar-refractivity contribution in [1.82, 2.24) is 30.0 Å². The number of halogens is 1. The van der Waals surface area contributed by atoms with Crippen LogP contribution in [0, 0.1) is 12.8 Å². The summed E-state index contributed by atoms with van der Waals surface area (Å²) >= 11 is 6.53. The Hall–Kier alpha value is -5.78. The Balaban J connectivity index is 0.777. The molecule has 3 aromatic carbocycles. The van der Waals surface area contributed by atoms with Crippen molar-refractivity contribution in [1.29, 1.82) is 0 Å². The van der Waals surface area contributed by atoms with Gasteiger partial charge in [-0.3, -0.25) is 29.4 Å². The molecule has 1 aromatic heterocycles. The number of aryl methyl sites for hydroxylation is 1. The first-order valence-electron chi connectivity index (χ1n) is 22.8. The molecule has 4 saturated heterocycles. The van der Waals surface area contributed by atoms with Crippen molar-refractivity contribution in [2.75, 3.05) is 54.8 Å². The molecule has 0 saturated carbocycles. The molecule has 1 unspecified atom stereocenters. The Morgan fingerprint density at radius 3 is 2.38 bits per heavy atom. The van der Waals surface area contributed by atoms with Gasteiger partial charge in [0.2, 0.25) is 23.7 Å². The lowest BCUT2D eigenvalue weighted by Crippen LogP contribution is -2.65. The van der Waals surface area contributed by atoms with Gasteiger partial charge in [-0.15, -0.1) is 0 Å². The van der Waals surface area contributed by atoms with E-state index >= 15 is 0 Å². The number of hydrogen-bond donors (Lipinski definition) is 3. The number of benzene rings is 3. The highest BCUT2D eigenvalue weighted by Crippen LogP contribution is 2.40. The third-order valence-electron chi connectivity index (χ3n) is 13.6. The van der Waals surface area contributed by atoms with Crippen LogP contribution in [0.3, 0.4) is 0 Å². The fourth-order valence-electron chi connectivity index (χ4n) is 9.73. The zero-order chi connectivity index (χ0) is 46.6. The molecule has 18 heteroatoms. The van der Waals surface area contributed by atoms with Gasteiger partial charge < -0.3 is 30.1 Å². The zero-order valence-corrected chi connectivity index (χ0v) is 39.4. The molecule has 3 N–H and O–H groups in total. The van der Waals surface area contributed by atoms with E-state index in [1.165, 1.54) is 11.8 Å². The van der Waals surface area contributed by atoms with Crippen molar-refractivity contribution in [3.8, 4) is 5.75 Å². The van der Waals surface area contributed by atoms with Crippen molar-refractivity contribution < 1.29 is 32.3 Å². The van der Waals surface area contributed by atoms with Crippen LogP contribution in [0.25, 0.3) is 0 Å². The zero-order valence-electron chi connectivity index (χ0n) is 37.8. The topological polar surface area (TPSA) is 186 Å². The highest BCUT2D eigenvalue weighted by atomic mass is 35.5. The molecule has 0 aliphatic carbocycles. The number of fused-ring (bicyclic) bond motifs is 1. The number of carbonyl (C=O) groups excluding carboxylic acids is 4. The van der Waals surface area contributed by atoms with Crippen molar-refractivity contribution in [2.45, 2.75) is 101 Å². The van der Waals surface area contributed by atoms with Crippen LogP contribution in [-0.4, -0.2) is 119 Å². The van der Waals surface area contributed by atoms with Gasteiger partial charge in [0.15, 0.2) is 15.7 Å². The molecule has 4 aromatic rings. The predicted octanol–water partition coefficient (Wildman–Crippen LogP) is 6.18.